The molecule has 0 aliphatic carbocycles. The normalized spacial score (nSPS) is 12.8. The summed E-state index contributed by atoms with van der Waals surface area (Å²) in [6.45, 7) is 4.86. The van der Waals surface area contributed by atoms with E-state index in [0.717, 1.165) is 27.8 Å². The van der Waals surface area contributed by atoms with Crippen molar-refractivity contribution >= 4 is 36.4 Å². The third-order valence-corrected chi connectivity index (χ3v) is 7.95. The molecule has 1 aromatic heterocycles. The van der Waals surface area contributed by atoms with Crippen LogP contribution in [0.1, 0.15) is 31.4 Å². The molecule has 3 rings (SSSR count). The number of benzene rings is 2. The quantitative estimate of drug-likeness (QED) is 0.449. The Bertz CT molecular complexity index is 1180. The minimum atomic E-state index is -4.80. The lowest BCUT2D eigenvalue weighted by Crippen LogP contribution is -2.35. The number of aryl methyl sites for hydroxylation is 1. The lowest BCUT2D eigenvalue weighted by molar-refractivity contribution is -0.274. The van der Waals surface area contributed by atoms with Crippen LogP contribution in [0.4, 0.5) is 18.2 Å². The smallest absolute Gasteiger partial charge is 0.406 e. The molecule has 0 unspecified atom stereocenters. The number of sulfonamides is 1. The van der Waals surface area contributed by atoms with Gasteiger partial charge >= 0.3 is 6.36 Å². The maximum atomic E-state index is 13.3. The minimum absolute atomic E-state index is 0.0358. The van der Waals surface area contributed by atoms with Gasteiger partial charge in [0.1, 0.15) is 10.8 Å². The van der Waals surface area contributed by atoms with Gasteiger partial charge in [-0.3, -0.25) is 4.31 Å². The predicted molar refractivity (Wildman–Crippen MR) is 121 cm³/mol. The highest BCUT2D eigenvalue weighted by atomic mass is 32.2. The van der Waals surface area contributed by atoms with E-state index in [2.05, 4.69) is 4.74 Å². The Labute approximate surface area is 189 Å². The molecule has 174 valence electrons. The fraction of sp³-hybridized carbons (Fsp3) is 0.364. The summed E-state index contributed by atoms with van der Waals surface area (Å²) in [5.74, 6) is -0.657. The summed E-state index contributed by atoms with van der Waals surface area (Å²) in [4.78, 5) is 0. The number of nitrogens with zero attached hydrogens (tertiary/aromatic N) is 1. The Kier molecular flexibility index (Phi) is 6.78. The molecular formula is C22H24F3NO4S2. The maximum absolute atomic E-state index is 13.3. The molecule has 0 aliphatic heterocycles. The van der Waals surface area contributed by atoms with Crippen LogP contribution in [0.25, 0.3) is 10.1 Å². The maximum Gasteiger partial charge on any atom is 0.573 e. The van der Waals surface area contributed by atoms with Crippen molar-refractivity contribution in [1.82, 2.24) is 0 Å². The molecule has 5 nitrogen and oxygen atoms in total. The summed E-state index contributed by atoms with van der Waals surface area (Å²) in [6, 6.07) is 12.7. The van der Waals surface area contributed by atoms with Gasteiger partial charge in [-0.1, -0.05) is 30.3 Å². The number of halogens is 3. The summed E-state index contributed by atoms with van der Waals surface area (Å²) >= 11 is 1.33. The lowest BCUT2D eigenvalue weighted by atomic mass is 10.1. The molecule has 1 heterocycles. The summed E-state index contributed by atoms with van der Waals surface area (Å²) in [6.07, 6.45) is -4.77. The van der Waals surface area contributed by atoms with Gasteiger partial charge in [0.05, 0.1) is 17.9 Å². The molecule has 32 heavy (non-hydrogen) atoms. The van der Waals surface area contributed by atoms with Gasteiger partial charge in [-0.05, 0) is 61.9 Å². The van der Waals surface area contributed by atoms with Crippen LogP contribution < -0.4 is 9.04 Å². The zero-order valence-electron chi connectivity index (χ0n) is 17.8. The van der Waals surface area contributed by atoms with Crippen molar-refractivity contribution in [3.8, 4) is 5.75 Å². The van der Waals surface area contributed by atoms with E-state index in [-0.39, 0.29) is 24.5 Å². The topological polar surface area (TPSA) is 66.8 Å². The first-order valence-electron chi connectivity index (χ1n) is 9.81. The highest BCUT2D eigenvalue weighted by Crippen LogP contribution is 2.40. The van der Waals surface area contributed by atoms with Gasteiger partial charge in [0.25, 0.3) is 0 Å². The van der Waals surface area contributed by atoms with Gasteiger partial charge in [-0.15, -0.1) is 24.5 Å². The van der Waals surface area contributed by atoms with Crippen molar-refractivity contribution in [3.63, 3.8) is 0 Å². The number of rotatable bonds is 8. The van der Waals surface area contributed by atoms with E-state index >= 15 is 0 Å². The van der Waals surface area contributed by atoms with Gasteiger partial charge in [0.2, 0.25) is 10.0 Å². The van der Waals surface area contributed by atoms with Crippen molar-refractivity contribution in [1.29, 1.82) is 0 Å². The first-order valence-corrected chi connectivity index (χ1v) is 12.2. The van der Waals surface area contributed by atoms with Gasteiger partial charge in [-0.2, -0.15) is 0 Å². The molecule has 0 amide bonds. The first-order chi connectivity index (χ1) is 14.8. The van der Waals surface area contributed by atoms with E-state index < -0.39 is 22.0 Å². The third-order valence-electron chi connectivity index (χ3n) is 4.84. The molecule has 0 fully saturated rings. The standard InChI is InChI=1S/C22H24F3NO4S2/c1-15-18-6-4-5-7-19(18)31-20(15)26(32(28,29)13-12-21(2,3)27)14-16-8-10-17(11-9-16)30-22(23,24)25/h4-11,27H,12-14H2,1-3H3. The summed E-state index contributed by atoms with van der Waals surface area (Å²) in [7, 11) is -3.84. The van der Waals surface area contributed by atoms with Crippen LogP contribution in [-0.4, -0.2) is 31.2 Å². The number of fused-ring (bicyclic) bond motifs is 1. The summed E-state index contributed by atoms with van der Waals surface area (Å²) < 4.78 is 70.0. The second kappa shape index (κ2) is 8.92. The van der Waals surface area contributed by atoms with E-state index in [1.54, 1.807) is 0 Å². The average Bonchev–Trinajstić information content (AvgIpc) is 3.01. The number of hydrogen-bond donors (Lipinski definition) is 1. The average molecular weight is 488 g/mol. The second-order valence-electron chi connectivity index (χ2n) is 8.11. The van der Waals surface area contributed by atoms with Crippen LogP contribution >= 0.6 is 11.3 Å². The minimum Gasteiger partial charge on any atom is -0.406 e. The number of thiophene rings is 1. The number of hydrogen-bond acceptors (Lipinski definition) is 5. The molecule has 3 aromatic rings. The first kappa shape index (κ1) is 24.3. The zero-order valence-corrected chi connectivity index (χ0v) is 19.4. The molecule has 1 N–H and O–H groups in total. The van der Waals surface area contributed by atoms with Crippen molar-refractivity contribution in [2.24, 2.45) is 0 Å². The van der Waals surface area contributed by atoms with Crippen molar-refractivity contribution < 1.29 is 31.4 Å². The Balaban J connectivity index is 1.98. The molecule has 0 radical (unpaired) electrons. The Morgan fingerprint density at radius 2 is 1.69 bits per heavy atom. The fourth-order valence-corrected chi connectivity index (χ4v) is 6.43. The predicted octanol–water partition coefficient (Wildman–Crippen LogP) is 5.61. The van der Waals surface area contributed by atoms with Crippen molar-refractivity contribution in [2.45, 2.75) is 45.7 Å². The van der Waals surface area contributed by atoms with Crippen LogP contribution in [0.2, 0.25) is 0 Å². The molecule has 10 heteroatoms. The fourth-order valence-electron chi connectivity index (χ4n) is 3.15. The monoisotopic (exact) mass is 487 g/mol. The summed E-state index contributed by atoms with van der Waals surface area (Å²) in [5, 5.41) is 11.5. The highest BCUT2D eigenvalue weighted by Gasteiger charge is 2.31. The number of anilines is 1. The molecule has 0 bridgehead atoms. The number of ether oxygens (including phenoxy) is 1. The van der Waals surface area contributed by atoms with Crippen LogP contribution in [-0.2, 0) is 16.6 Å². The van der Waals surface area contributed by atoms with Gasteiger partial charge < -0.3 is 9.84 Å². The van der Waals surface area contributed by atoms with E-state index in [4.69, 9.17) is 0 Å². The van der Waals surface area contributed by atoms with E-state index in [1.165, 1.54) is 41.6 Å². The largest absolute Gasteiger partial charge is 0.573 e. The highest BCUT2D eigenvalue weighted by molar-refractivity contribution is 7.93. The molecule has 0 atom stereocenters. The third kappa shape index (κ3) is 6.14. The lowest BCUT2D eigenvalue weighted by Gasteiger charge is -2.26. The number of aliphatic hydroxyl groups is 1. The molecule has 0 saturated carbocycles. The van der Waals surface area contributed by atoms with Crippen molar-refractivity contribution in [2.75, 3.05) is 10.1 Å². The van der Waals surface area contributed by atoms with Crippen LogP contribution in [0, 0.1) is 6.92 Å². The Morgan fingerprint density at radius 3 is 2.25 bits per heavy atom. The molecule has 0 spiro atoms. The number of alkyl halides is 3. The van der Waals surface area contributed by atoms with Gasteiger partial charge in [0, 0.05) is 4.70 Å². The molecular weight excluding hydrogens is 463 g/mol. The van der Waals surface area contributed by atoms with Gasteiger partial charge in [0.15, 0.2) is 0 Å². The summed E-state index contributed by atoms with van der Waals surface area (Å²) in [5.41, 5.74) is 0.141. The Hall–Kier alpha value is -2.30. The van der Waals surface area contributed by atoms with Gasteiger partial charge in [-0.25, -0.2) is 8.42 Å². The molecule has 2 aromatic carbocycles. The Morgan fingerprint density at radius 1 is 1.06 bits per heavy atom. The SMILES string of the molecule is Cc1c(N(Cc2ccc(OC(F)(F)F)cc2)S(=O)(=O)CCC(C)(C)O)sc2ccccc12. The van der Waals surface area contributed by atoms with Crippen LogP contribution in [0.15, 0.2) is 48.5 Å². The van der Waals surface area contributed by atoms with E-state index in [9.17, 15) is 26.7 Å². The van der Waals surface area contributed by atoms with E-state index in [0.29, 0.717) is 10.6 Å². The zero-order chi connectivity index (χ0) is 23.7. The van der Waals surface area contributed by atoms with E-state index in [1.807, 2.05) is 31.2 Å². The van der Waals surface area contributed by atoms with Crippen LogP contribution in [0.3, 0.4) is 0 Å². The molecule has 0 aliphatic rings. The van der Waals surface area contributed by atoms with Crippen LogP contribution in [0.5, 0.6) is 5.75 Å². The second-order valence-corrected chi connectivity index (χ2v) is 11.1. The molecule has 0 saturated heterocycles. The van der Waals surface area contributed by atoms with Crippen molar-refractivity contribution in [3.05, 3.63) is 59.7 Å².